The third-order valence-corrected chi connectivity index (χ3v) is 4.71. The number of aromatic nitrogens is 1. The summed E-state index contributed by atoms with van der Waals surface area (Å²) in [6.07, 6.45) is 12.3. The van der Waals surface area contributed by atoms with Crippen molar-refractivity contribution in [2.24, 2.45) is 5.92 Å². The van der Waals surface area contributed by atoms with Gasteiger partial charge in [-0.15, -0.1) is 0 Å². The predicted octanol–water partition coefficient (Wildman–Crippen LogP) is 5.55. The van der Waals surface area contributed by atoms with Crippen LogP contribution in [0, 0.1) is 12.8 Å². The highest BCUT2D eigenvalue weighted by molar-refractivity contribution is 5.70. The monoisotopic (exact) mass is 335 g/mol. The van der Waals surface area contributed by atoms with Crippen molar-refractivity contribution < 1.29 is 13.9 Å². The summed E-state index contributed by atoms with van der Waals surface area (Å²) >= 11 is 0. The lowest BCUT2D eigenvalue weighted by molar-refractivity contribution is -0.155. The van der Waals surface area contributed by atoms with Crippen LogP contribution < -0.4 is 0 Å². The number of ether oxygens (including phenoxy) is 1. The van der Waals surface area contributed by atoms with Crippen LogP contribution in [0.5, 0.6) is 0 Å². The first kappa shape index (κ1) is 19.0. The number of nitrogens with zero attached hydrogens (tertiary/aromatic N) is 1. The quantitative estimate of drug-likeness (QED) is 0.613. The Balaban J connectivity index is 1.89. The second kappa shape index (κ2) is 8.68. The number of carbonyl (C=O) groups excluding carboxylic acids is 1. The van der Waals surface area contributed by atoms with Crippen LogP contribution in [0.1, 0.15) is 96.1 Å². The van der Waals surface area contributed by atoms with Crippen molar-refractivity contribution in [1.82, 2.24) is 4.98 Å². The van der Waals surface area contributed by atoms with Crippen LogP contribution in [0.15, 0.2) is 10.6 Å². The van der Waals surface area contributed by atoms with Crippen LogP contribution >= 0.6 is 0 Å². The second-order valence-electron chi connectivity index (χ2n) is 8.23. The summed E-state index contributed by atoms with van der Waals surface area (Å²) in [7, 11) is 0. The van der Waals surface area contributed by atoms with Crippen molar-refractivity contribution in [1.29, 1.82) is 0 Å². The first-order chi connectivity index (χ1) is 11.3. The molecule has 0 amide bonds. The second-order valence-corrected chi connectivity index (χ2v) is 8.23. The average Bonchev–Trinajstić information content (AvgIpc) is 2.92. The van der Waals surface area contributed by atoms with Crippen LogP contribution in [0.3, 0.4) is 0 Å². The van der Waals surface area contributed by atoms with E-state index in [9.17, 15) is 4.79 Å². The molecule has 0 aliphatic heterocycles. The van der Waals surface area contributed by atoms with E-state index in [1.165, 1.54) is 38.5 Å². The first-order valence-electron chi connectivity index (χ1n) is 9.47. The number of hydrogen-bond donors (Lipinski definition) is 0. The zero-order valence-electron chi connectivity index (χ0n) is 15.8. The van der Waals surface area contributed by atoms with Crippen molar-refractivity contribution >= 4 is 5.97 Å². The summed E-state index contributed by atoms with van der Waals surface area (Å²) in [6, 6.07) is 0. The molecule has 0 saturated heterocycles. The molecule has 1 heterocycles. The van der Waals surface area contributed by atoms with Crippen LogP contribution in [0.25, 0.3) is 0 Å². The van der Waals surface area contributed by atoms with Crippen LogP contribution in [-0.2, 0) is 9.53 Å². The molecule has 0 aromatic carbocycles. The third kappa shape index (κ3) is 6.66. The van der Waals surface area contributed by atoms with Crippen molar-refractivity contribution in [3.63, 3.8) is 0 Å². The van der Waals surface area contributed by atoms with Crippen LogP contribution in [0.4, 0.5) is 0 Å². The SMILES string of the molecule is Cc1cnc([C@H](CCCC2CCCCC2)CC(=O)OC(C)(C)C)o1. The molecule has 1 aliphatic rings. The molecule has 1 aromatic rings. The van der Waals surface area contributed by atoms with Crippen LogP contribution in [0.2, 0.25) is 0 Å². The molecule has 24 heavy (non-hydrogen) atoms. The van der Waals surface area contributed by atoms with Gasteiger partial charge in [-0.3, -0.25) is 4.79 Å². The molecule has 1 aliphatic carbocycles. The molecule has 136 valence electrons. The van der Waals surface area contributed by atoms with Gasteiger partial charge in [-0.1, -0.05) is 44.9 Å². The van der Waals surface area contributed by atoms with Gasteiger partial charge >= 0.3 is 5.97 Å². The lowest BCUT2D eigenvalue weighted by atomic mass is 9.84. The minimum absolute atomic E-state index is 0.0251. The van der Waals surface area contributed by atoms with E-state index in [-0.39, 0.29) is 11.9 Å². The molecule has 1 aromatic heterocycles. The van der Waals surface area contributed by atoms with E-state index in [1.807, 2.05) is 27.7 Å². The molecule has 0 radical (unpaired) electrons. The molecule has 0 unspecified atom stereocenters. The summed E-state index contributed by atoms with van der Waals surface area (Å²) in [6.45, 7) is 7.60. The molecule has 4 heteroatoms. The van der Waals surface area contributed by atoms with E-state index in [1.54, 1.807) is 6.20 Å². The molecule has 1 atom stereocenters. The van der Waals surface area contributed by atoms with Gasteiger partial charge in [-0.05, 0) is 40.0 Å². The minimum atomic E-state index is -0.448. The molecule has 0 bridgehead atoms. The van der Waals surface area contributed by atoms with Crippen molar-refractivity contribution in [2.75, 3.05) is 0 Å². The minimum Gasteiger partial charge on any atom is -0.460 e. The molecular formula is C20H33NO3. The Labute approximate surface area is 146 Å². The number of rotatable bonds is 7. The maximum atomic E-state index is 12.2. The highest BCUT2D eigenvalue weighted by atomic mass is 16.6. The van der Waals surface area contributed by atoms with E-state index in [0.717, 1.165) is 24.5 Å². The summed E-state index contributed by atoms with van der Waals surface area (Å²) in [5, 5.41) is 0. The average molecular weight is 335 g/mol. The highest BCUT2D eigenvalue weighted by Gasteiger charge is 2.25. The highest BCUT2D eigenvalue weighted by Crippen LogP contribution is 2.31. The topological polar surface area (TPSA) is 52.3 Å². The van der Waals surface area contributed by atoms with Gasteiger partial charge in [0.25, 0.3) is 0 Å². The van der Waals surface area contributed by atoms with Gasteiger partial charge in [0.1, 0.15) is 11.4 Å². The van der Waals surface area contributed by atoms with E-state index in [0.29, 0.717) is 12.3 Å². The Bertz CT molecular complexity index is 509. The Morgan fingerprint density at radius 3 is 2.62 bits per heavy atom. The fraction of sp³-hybridized carbons (Fsp3) is 0.800. The van der Waals surface area contributed by atoms with E-state index >= 15 is 0 Å². The third-order valence-electron chi connectivity index (χ3n) is 4.71. The zero-order chi connectivity index (χ0) is 17.6. The Morgan fingerprint density at radius 1 is 1.33 bits per heavy atom. The lowest BCUT2D eigenvalue weighted by Gasteiger charge is -2.23. The van der Waals surface area contributed by atoms with Crippen LogP contribution in [-0.4, -0.2) is 16.6 Å². The number of hydrogen-bond acceptors (Lipinski definition) is 4. The van der Waals surface area contributed by atoms with Gasteiger partial charge < -0.3 is 9.15 Å². The van der Waals surface area contributed by atoms with E-state index in [2.05, 4.69) is 4.98 Å². The van der Waals surface area contributed by atoms with Crippen molar-refractivity contribution in [3.8, 4) is 0 Å². The number of esters is 1. The number of carbonyl (C=O) groups is 1. The standard InChI is InChI=1S/C20H33NO3/c1-15-14-21-19(23-15)17(13-18(22)24-20(2,3)4)12-8-11-16-9-6-5-7-10-16/h14,16-17H,5-13H2,1-4H3/t17-/m1/s1. The smallest absolute Gasteiger partial charge is 0.307 e. The first-order valence-corrected chi connectivity index (χ1v) is 9.47. The maximum absolute atomic E-state index is 12.2. The van der Waals surface area contributed by atoms with Gasteiger partial charge in [0.05, 0.1) is 12.6 Å². The van der Waals surface area contributed by atoms with E-state index in [4.69, 9.17) is 9.15 Å². The summed E-state index contributed by atoms with van der Waals surface area (Å²) in [5.41, 5.74) is -0.448. The van der Waals surface area contributed by atoms with Gasteiger partial charge in [-0.25, -0.2) is 4.98 Å². The summed E-state index contributed by atoms with van der Waals surface area (Å²) in [4.78, 5) is 16.6. The van der Waals surface area contributed by atoms with Gasteiger partial charge in [0, 0.05) is 5.92 Å². The van der Waals surface area contributed by atoms with Gasteiger partial charge in [0.2, 0.25) is 0 Å². The molecule has 1 fully saturated rings. The molecule has 2 rings (SSSR count). The normalized spacial score (nSPS) is 17.7. The Kier molecular flexibility index (Phi) is 6.88. The molecule has 0 N–H and O–H groups in total. The molecule has 1 saturated carbocycles. The lowest BCUT2D eigenvalue weighted by Crippen LogP contribution is -2.25. The molecular weight excluding hydrogens is 302 g/mol. The molecule has 0 spiro atoms. The van der Waals surface area contributed by atoms with Gasteiger partial charge in [-0.2, -0.15) is 0 Å². The summed E-state index contributed by atoms with van der Waals surface area (Å²) in [5.74, 6) is 2.21. The number of aryl methyl sites for hydroxylation is 1. The molecule has 4 nitrogen and oxygen atoms in total. The van der Waals surface area contributed by atoms with E-state index < -0.39 is 5.60 Å². The van der Waals surface area contributed by atoms with Gasteiger partial charge in [0.15, 0.2) is 5.89 Å². The zero-order valence-corrected chi connectivity index (χ0v) is 15.8. The Hall–Kier alpha value is -1.32. The Morgan fingerprint density at radius 2 is 2.04 bits per heavy atom. The summed E-state index contributed by atoms with van der Waals surface area (Å²) < 4.78 is 11.2. The maximum Gasteiger partial charge on any atom is 0.307 e. The van der Waals surface area contributed by atoms with Crippen molar-refractivity contribution in [3.05, 3.63) is 17.8 Å². The fourth-order valence-electron chi connectivity index (χ4n) is 3.59. The fourth-order valence-corrected chi connectivity index (χ4v) is 3.59. The number of oxazole rings is 1. The van der Waals surface area contributed by atoms with Crippen molar-refractivity contribution in [2.45, 2.75) is 97.0 Å². The predicted molar refractivity (Wildman–Crippen MR) is 94.9 cm³/mol. The largest absolute Gasteiger partial charge is 0.460 e.